The standard InChI is InChI=1S/C11H17NO2/c1-9-3-12(4-10(9)2)5-11(6-13)7-14-8-11/h3-4,13H,5-8H2,1-2H3. The molecule has 3 nitrogen and oxygen atoms in total. The maximum absolute atomic E-state index is 9.28. The molecule has 1 N–H and O–H groups in total. The van der Waals surface area contributed by atoms with Crippen molar-refractivity contribution in [3.63, 3.8) is 0 Å². The van der Waals surface area contributed by atoms with Crippen LogP contribution in [0.1, 0.15) is 11.1 Å². The predicted molar refractivity (Wildman–Crippen MR) is 54.2 cm³/mol. The summed E-state index contributed by atoms with van der Waals surface area (Å²) in [7, 11) is 0. The highest BCUT2D eigenvalue weighted by atomic mass is 16.5. The van der Waals surface area contributed by atoms with Crippen LogP contribution in [-0.2, 0) is 11.3 Å². The molecule has 1 aromatic heterocycles. The Morgan fingerprint density at radius 3 is 2.29 bits per heavy atom. The molecular weight excluding hydrogens is 178 g/mol. The molecule has 0 bridgehead atoms. The molecule has 78 valence electrons. The van der Waals surface area contributed by atoms with Gasteiger partial charge in [-0.2, -0.15) is 0 Å². The van der Waals surface area contributed by atoms with Gasteiger partial charge in [0.2, 0.25) is 0 Å². The third kappa shape index (κ3) is 1.57. The molecule has 0 aromatic carbocycles. The Hall–Kier alpha value is -0.800. The first kappa shape index (κ1) is 9.74. The first-order valence-electron chi connectivity index (χ1n) is 4.97. The van der Waals surface area contributed by atoms with Crippen LogP contribution in [0.4, 0.5) is 0 Å². The lowest BCUT2D eigenvalue weighted by atomic mass is 9.87. The van der Waals surface area contributed by atoms with Crippen molar-refractivity contribution in [1.82, 2.24) is 4.57 Å². The molecule has 0 spiro atoms. The highest BCUT2D eigenvalue weighted by Gasteiger charge is 2.38. The van der Waals surface area contributed by atoms with Gasteiger partial charge < -0.3 is 14.4 Å². The SMILES string of the molecule is Cc1cn(CC2(CO)COC2)cc1C. The van der Waals surface area contributed by atoms with Gasteiger partial charge in [-0.15, -0.1) is 0 Å². The Bertz CT molecular complexity index is 301. The van der Waals surface area contributed by atoms with Gasteiger partial charge in [0, 0.05) is 18.9 Å². The monoisotopic (exact) mass is 195 g/mol. The fraction of sp³-hybridized carbons (Fsp3) is 0.636. The number of rotatable bonds is 3. The number of nitrogens with zero attached hydrogens (tertiary/aromatic N) is 1. The van der Waals surface area contributed by atoms with Gasteiger partial charge in [0.1, 0.15) is 0 Å². The quantitative estimate of drug-likeness (QED) is 0.784. The normalized spacial score (nSPS) is 19.4. The van der Waals surface area contributed by atoms with Gasteiger partial charge >= 0.3 is 0 Å². The number of hydrogen-bond donors (Lipinski definition) is 1. The van der Waals surface area contributed by atoms with Gasteiger partial charge in [-0.1, -0.05) is 0 Å². The lowest BCUT2D eigenvalue weighted by Crippen LogP contribution is -2.48. The first-order chi connectivity index (χ1) is 6.65. The maximum atomic E-state index is 9.28. The van der Waals surface area contributed by atoms with Crippen molar-refractivity contribution in [1.29, 1.82) is 0 Å². The number of aliphatic hydroxyl groups excluding tert-OH is 1. The van der Waals surface area contributed by atoms with Crippen molar-refractivity contribution in [3.05, 3.63) is 23.5 Å². The van der Waals surface area contributed by atoms with Gasteiger partial charge in [-0.3, -0.25) is 0 Å². The average molecular weight is 195 g/mol. The van der Waals surface area contributed by atoms with Gasteiger partial charge in [-0.05, 0) is 25.0 Å². The molecule has 0 amide bonds. The third-order valence-corrected chi connectivity index (χ3v) is 3.01. The highest BCUT2D eigenvalue weighted by molar-refractivity contribution is 5.20. The zero-order valence-electron chi connectivity index (χ0n) is 8.79. The number of aliphatic hydroxyl groups is 1. The second kappa shape index (κ2) is 3.41. The Labute approximate surface area is 84.3 Å². The van der Waals surface area contributed by atoms with E-state index in [0.717, 1.165) is 6.54 Å². The van der Waals surface area contributed by atoms with Crippen LogP contribution in [0.25, 0.3) is 0 Å². The van der Waals surface area contributed by atoms with Crippen molar-refractivity contribution < 1.29 is 9.84 Å². The number of ether oxygens (including phenoxy) is 1. The first-order valence-corrected chi connectivity index (χ1v) is 4.97. The van der Waals surface area contributed by atoms with Gasteiger partial charge in [-0.25, -0.2) is 0 Å². The summed E-state index contributed by atoms with van der Waals surface area (Å²) in [4.78, 5) is 0. The molecule has 1 saturated heterocycles. The maximum Gasteiger partial charge on any atom is 0.0584 e. The number of hydrogen-bond acceptors (Lipinski definition) is 2. The summed E-state index contributed by atoms with van der Waals surface area (Å²) in [5.74, 6) is 0. The molecule has 3 heteroatoms. The fourth-order valence-corrected chi connectivity index (χ4v) is 1.84. The van der Waals surface area contributed by atoms with Crippen LogP contribution in [0.2, 0.25) is 0 Å². The van der Waals surface area contributed by atoms with E-state index < -0.39 is 0 Å². The number of aromatic nitrogens is 1. The van der Waals surface area contributed by atoms with Crippen LogP contribution in [0, 0.1) is 19.3 Å². The van der Waals surface area contributed by atoms with E-state index >= 15 is 0 Å². The van der Waals surface area contributed by atoms with Gasteiger partial charge in [0.25, 0.3) is 0 Å². The summed E-state index contributed by atoms with van der Waals surface area (Å²) >= 11 is 0. The molecule has 14 heavy (non-hydrogen) atoms. The number of aryl methyl sites for hydroxylation is 2. The second-order valence-corrected chi connectivity index (χ2v) is 4.45. The van der Waals surface area contributed by atoms with E-state index in [-0.39, 0.29) is 12.0 Å². The zero-order chi connectivity index (χ0) is 10.2. The smallest absolute Gasteiger partial charge is 0.0584 e. The lowest BCUT2D eigenvalue weighted by Gasteiger charge is -2.40. The molecule has 2 rings (SSSR count). The van der Waals surface area contributed by atoms with Gasteiger partial charge in [0.15, 0.2) is 0 Å². The van der Waals surface area contributed by atoms with E-state index in [9.17, 15) is 5.11 Å². The Balaban J connectivity index is 2.09. The molecule has 0 saturated carbocycles. The lowest BCUT2D eigenvalue weighted by molar-refractivity contribution is -0.144. The molecule has 1 aliphatic rings. The summed E-state index contributed by atoms with van der Waals surface area (Å²) in [6, 6.07) is 0. The Morgan fingerprint density at radius 2 is 1.93 bits per heavy atom. The van der Waals surface area contributed by atoms with Crippen LogP contribution >= 0.6 is 0 Å². The summed E-state index contributed by atoms with van der Waals surface area (Å²) in [5.41, 5.74) is 2.58. The molecule has 0 unspecified atom stereocenters. The van der Waals surface area contributed by atoms with E-state index in [1.807, 2.05) is 0 Å². The van der Waals surface area contributed by atoms with E-state index in [1.165, 1.54) is 11.1 Å². The van der Waals surface area contributed by atoms with Crippen molar-refractivity contribution in [3.8, 4) is 0 Å². The zero-order valence-corrected chi connectivity index (χ0v) is 8.79. The fourth-order valence-electron chi connectivity index (χ4n) is 1.84. The van der Waals surface area contributed by atoms with Crippen LogP contribution in [-0.4, -0.2) is 29.5 Å². The summed E-state index contributed by atoms with van der Waals surface area (Å²) in [6.45, 7) is 6.64. The van der Waals surface area contributed by atoms with Crippen LogP contribution < -0.4 is 0 Å². The summed E-state index contributed by atoms with van der Waals surface area (Å²) < 4.78 is 7.32. The third-order valence-electron chi connectivity index (χ3n) is 3.01. The molecule has 0 aliphatic carbocycles. The van der Waals surface area contributed by atoms with E-state index in [0.29, 0.717) is 13.2 Å². The minimum atomic E-state index is -0.0299. The van der Waals surface area contributed by atoms with Crippen LogP contribution in [0.15, 0.2) is 12.4 Å². The van der Waals surface area contributed by atoms with E-state index in [2.05, 4.69) is 30.8 Å². The highest BCUT2D eigenvalue weighted by Crippen LogP contribution is 2.29. The Kier molecular flexibility index (Phi) is 2.37. The van der Waals surface area contributed by atoms with Gasteiger partial charge in [0.05, 0.1) is 25.2 Å². The van der Waals surface area contributed by atoms with Crippen LogP contribution in [0.5, 0.6) is 0 Å². The predicted octanol–water partition coefficient (Wildman–Crippen LogP) is 1.11. The molecule has 1 fully saturated rings. The van der Waals surface area contributed by atoms with E-state index in [1.54, 1.807) is 0 Å². The Morgan fingerprint density at radius 1 is 1.36 bits per heavy atom. The minimum absolute atomic E-state index is 0.0299. The second-order valence-electron chi connectivity index (χ2n) is 4.45. The molecule has 0 atom stereocenters. The largest absolute Gasteiger partial charge is 0.396 e. The van der Waals surface area contributed by atoms with Crippen molar-refractivity contribution in [2.24, 2.45) is 5.41 Å². The summed E-state index contributed by atoms with van der Waals surface area (Å²) in [6.07, 6.45) is 4.26. The van der Waals surface area contributed by atoms with Crippen molar-refractivity contribution >= 4 is 0 Å². The van der Waals surface area contributed by atoms with Crippen molar-refractivity contribution in [2.45, 2.75) is 20.4 Å². The van der Waals surface area contributed by atoms with E-state index in [4.69, 9.17) is 4.74 Å². The molecule has 0 radical (unpaired) electrons. The molecule has 1 aromatic rings. The van der Waals surface area contributed by atoms with Crippen molar-refractivity contribution in [2.75, 3.05) is 19.8 Å². The molecule has 1 aliphatic heterocycles. The topological polar surface area (TPSA) is 34.4 Å². The molecular formula is C11H17NO2. The average Bonchev–Trinajstić information content (AvgIpc) is 2.39. The summed E-state index contributed by atoms with van der Waals surface area (Å²) in [5, 5.41) is 9.28. The molecule has 2 heterocycles. The minimum Gasteiger partial charge on any atom is -0.396 e. The van der Waals surface area contributed by atoms with Crippen LogP contribution in [0.3, 0.4) is 0 Å².